The molecule has 0 spiro atoms. The first-order chi connectivity index (χ1) is 6.84. The van der Waals surface area contributed by atoms with E-state index in [2.05, 4.69) is 26.8 Å². The number of ether oxygens (including phenoxy) is 1. The molecule has 2 heteroatoms. The van der Waals surface area contributed by atoms with Crippen LogP contribution in [0.2, 0.25) is 0 Å². The van der Waals surface area contributed by atoms with Gasteiger partial charge in [0, 0.05) is 0 Å². The van der Waals surface area contributed by atoms with Crippen LogP contribution in [0.1, 0.15) is 42.3 Å². The molecule has 0 unspecified atom stereocenters. The molecular formula is C13H18O2. The molecule has 0 N–H and O–H groups in total. The largest absolute Gasteiger partial charge is 0.465 e. The summed E-state index contributed by atoms with van der Waals surface area (Å²) in [7, 11) is 1.40. The van der Waals surface area contributed by atoms with Crippen molar-refractivity contribution in [3.05, 3.63) is 34.9 Å². The van der Waals surface area contributed by atoms with Crippen molar-refractivity contribution in [1.29, 1.82) is 0 Å². The summed E-state index contributed by atoms with van der Waals surface area (Å²) in [6.07, 6.45) is 0. The Hall–Kier alpha value is -1.31. The van der Waals surface area contributed by atoms with Gasteiger partial charge in [-0.1, -0.05) is 26.8 Å². The number of carbonyl (C=O) groups excluding carboxylic acids is 1. The van der Waals surface area contributed by atoms with Gasteiger partial charge < -0.3 is 4.74 Å². The molecule has 1 rings (SSSR count). The minimum Gasteiger partial charge on any atom is -0.465 e. The molecular weight excluding hydrogens is 188 g/mol. The lowest BCUT2D eigenvalue weighted by atomic mass is 9.85. The standard InChI is InChI=1S/C13H18O2/c1-9-6-10(12(14)15-5)8-11(7-9)13(2,3)4/h6-8H,1-5H3. The van der Waals surface area contributed by atoms with Gasteiger partial charge in [-0.15, -0.1) is 0 Å². The van der Waals surface area contributed by atoms with Crippen LogP contribution in [0.4, 0.5) is 0 Å². The van der Waals surface area contributed by atoms with Gasteiger partial charge in [0.05, 0.1) is 12.7 Å². The first-order valence-electron chi connectivity index (χ1n) is 5.05. The molecule has 0 heterocycles. The monoisotopic (exact) mass is 206 g/mol. The van der Waals surface area contributed by atoms with Gasteiger partial charge >= 0.3 is 5.97 Å². The average Bonchev–Trinajstić information content (AvgIpc) is 2.14. The Kier molecular flexibility index (Phi) is 3.18. The second-order valence-corrected chi connectivity index (χ2v) is 4.83. The van der Waals surface area contributed by atoms with E-state index in [0.717, 1.165) is 11.1 Å². The Balaban J connectivity index is 3.23. The van der Waals surface area contributed by atoms with E-state index in [-0.39, 0.29) is 11.4 Å². The van der Waals surface area contributed by atoms with Gasteiger partial charge in [0.1, 0.15) is 0 Å². The van der Waals surface area contributed by atoms with Crippen molar-refractivity contribution in [2.45, 2.75) is 33.1 Å². The van der Waals surface area contributed by atoms with Crippen molar-refractivity contribution in [2.24, 2.45) is 0 Å². The predicted molar refractivity (Wildman–Crippen MR) is 61.2 cm³/mol. The number of hydrogen-bond acceptors (Lipinski definition) is 2. The van der Waals surface area contributed by atoms with E-state index in [4.69, 9.17) is 4.74 Å². The molecule has 0 aliphatic heterocycles. The number of esters is 1. The van der Waals surface area contributed by atoms with E-state index in [1.165, 1.54) is 7.11 Å². The highest BCUT2D eigenvalue weighted by Crippen LogP contribution is 2.24. The highest BCUT2D eigenvalue weighted by molar-refractivity contribution is 5.89. The van der Waals surface area contributed by atoms with Gasteiger partial charge in [-0.2, -0.15) is 0 Å². The molecule has 2 nitrogen and oxygen atoms in total. The molecule has 0 aliphatic rings. The van der Waals surface area contributed by atoms with E-state index in [9.17, 15) is 4.79 Å². The topological polar surface area (TPSA) is 26.3 Å². The quantitative estimate of drug-likeness (QED) is 0.660. The predicted octanol–water partition coefficient (Wildman–Crippen LogP) is 3.08. The molecule has 0 atom stereocenters. The van der Waals surface area contributed by atoms with Crippen LogP contribution in [0.5, 0.6) is 0 Å². The zero-order chi connectivity index (χ0) is 11.6. The van der Waals surface area contributed by atoms with Gasteiger partial charge in [0.15, 0.2) is 0 Å². The smallest absolute Gasteiger partial charge is 0.337 e. The fourth-order valence-corrected chi connectivity index (χ4v) is 1.45. The summed E-state index contributed by atoms with van der Waals surface area (Å²) in [6.45, 7) is 8.37. The number of aryl methyl sites for hydroxylation is 1. The van der Waals surface area contributed by atoms with Gasteiger partial charge in [0.2, 0.25) is 0 Å². The molecule has 1 aromatic carbocycles. The van der Waals surface area contributed by atoms with Gasteiger partial charge in [-0.05, 0) is 35.6 Å². The van der Waals surface area contributed by atoms with E-state index in [0.29, 0.717) is 5.56 Å². The maximum absolute atomic E-state index is 11.4. The van der Waals surface area contributed by atoms with Crippen LogP contribution in [0.25, 0.3) is 0 Å². The maximum atomic E-state index is 11.4. The van der Waals surface area contributed by atoms with Gasteiger partial charge in [0.25, 0.3) is 0 Å². The molecule has 0 saturated heterocycles. The Bertz CT molecular complexity index is 373. The molecule has 0 radical (unpaired) electrons. The van der Waals surface area contributed by atoms with Gasteiger partial charge in [-0.3, -0.25) is 0 Å². The van der Waals surface area contributed by atoms with Crippen LogP contribution < -0.4 is 0 Å². The third-order valence-corrected chi connectivity index (χ3v) is 2.36. The molecule has 0 aromatic heterocycles. The van der Waals surface area contributed by atoms with Crippen LogP contribution in [-0.2, 0) is 10.2 Å². The van der Waals surface area contributed by atoms with Crippen molar-refractivity contribution in [3.63, 3.8) is 0 Å². The average molecular weight is 206 g/mol. The van der Waals surface area contributed by atoms with Crippen molar-refractivity contribution >= 4 is 5.97 Å². The lowest BCUT2D eigenvalue weighted by Crippen LogP contribution is -2.13. The van der Waals surface area contributed by atoms with Gasteiger partial charge in [-0.25, -0.2) is 4.79 Å². The van der Waals surface area contributed by atoms with Crippen LogP contribution in [-0.4, -0.2) is 13.1 Å². The second-order valence-electron chi connectivity index (χ2n) is 4.83. The first-order valence-corrected chi connectivity index (χ1v) is 5.05. The van der Waals surface area contributed by atoms with Crippen molar-refractivity contribution in [2.75, 3.05) is 7.11 Å². The summed E-state index contributed by atoms with van der Waals surface area (Å²) in [5, 5.41) is 0. The van der Waals surface area contributed by atoms with E-state index in [1.54, 1.807) is 0 Å². The summed E-state index contributed by atoms with van der Waals surface area (Å²) in [4.78, 5) is 11.4. The molecule has 0 fully saturated rings. The summed E-state index contributed by atoms with van der Waals surface area (Å²) in [6, 6.07) is 5.85. The number of hydrogen-bond donors (Lipinski definition) is 0. The number of carbonyl (C=O) groups is 1. The third-order valence-electron chi connectivity index (χ3n) is 2.36. The summed E-state index contributed by atoms with van der Waals surface area (Å²) in [5.74, 6) is -0.274. The Morgan fingerprint density at radius 2 is 1.80 bits per heavy atom. The molecule has 15 heavy (non-hydrogen) atoms. The van der Waals surface area contributed by atoms with Crippen LogP contribution >= 0.6 is 0 Å². The maximum Gasteiger partial charge on any atom is 0.337 e. The Morgan fingerprint density at radius 3 is 2.27 bits per heavy atom. The van der Waals surface area contributed by atoms with Crippen molar-refractivity contribution in [1.82, 2.24) is 0 Å². The van der Waals surface area contributed by atoms with Crippen molar-refractivity contribution < 1.29 is 9.53 Å². The number of rotatable bonds is 1. The minimum absolute atomic E-state index is 0.0504. The lowest BCUT2D eigenvalue weighted by Gasteiger charge is -2.20. The number of benzene rings is 1. The zero-order valence-corrected chi connectivity index (χ0v) is 10.0. The number of methoxy groups -OCH3 is 1. The van der Waals surface area contributed by atoms with E-state index < -0.39 is 0 Å². The Labute approximate surface area is 91.3 Å². The normalized spacial score (nSPS) is 11.3. The van der Waals surface area contributed by atoms with E-state index in [1.807, 2.05) is 19.1 Å². The first kappa shape index (κ1) is 11.8. The molecule has 0 amide bonds. The Morgan fingerprint density at radius 1 is 1.20 bits per heavy atom. The van der Waals surface area contributed by atoms with Crippen LogP contribution in [0, 0.1) is 6.92 Å². The zero-order valence-electron chi connectivity index (χ0n) is 10.0. The molecule has 1 aromatic rings. The SMILES string of the molecule is COC(=O)c1cc(C)cc(C(C)(C)C)c1. The van der Waals surface area contributed by atoms with Crippen molar-refractivity contribution in [3.8, 4) is 0 Å². The van der Waals surface area contributed by atoms with Crippen LogP contribution in [0.15, 0.2) is 18.2 Å². The summed E-state index contributed by atoms with van der Waals surface area (Å²) in [5.41, 5.74) is 2.92. The highest BCUT2D eigenvalue weighted by Gasteiger charge is 2.16. The molecule has 82 valence electrons. The van der Waals surface area contributed by atoms with Crippen LogP contribution in [0.3, 0.4) is 0 Å². The van der Waals surface area contributed by atoms with E-state index >= 15 is 0 Å². The molecule has 0 bridgehead atoms. The third kappa shape index (κ3) is 2.82. The minimum atomic E-state index is -0.274. The fourth-order valence-electron chi connectivity index (χ4n) is 1.45. The second kappa shape index (κ2) is 4.05. The lowest BCUT2D eigenvalue weighted by molar-refractivity contribution is 0.0600. The molecule has 0 saturated carbocycles. The fraction of sp³-hybridized carbons (Fsp3) is 0.462. The highest BCUT2D eigenvalue weighted by atomic mass is 16.5. The summed E-state index contributed by atoms with van der Waals surface area (Å²) < 4.78 is 4.72. The molecule has 0 aliphatic carbocycles. The summed E-state index contributed by atoms with van der Waals surface area (Å²) >= 11 is 0.